The van der Waals surface area contributed by atoms with Crippen molar-refractivity contribution in [2.24, 2.45) is 5.92 Å². The fraction of sp³-hybridized carbons (Fsp3) is 0.385. The van der Waals surface area contributed by atoms with E-state index in [2.05, 4.69) is 0 Å². The maximum absolute atomic E-state index is 11.8. The molecule has 0 saturated carbocycles. The molecule has 1 atom stereocenters. The molecule has 1 amide bonds. The van der Waals surface area contributed by atoms with E-state index < -0.39 is 0 Å². The molecule has 4 heteroatoms. The van der Waals surface area contributed by atoms with Crippen LogP contribution in [0.1, 0.15) is 20.3 Å². The van der Waals surface area contributed by atoms with Gasteiger partial charge in [-0.2, -0.15) is 0 Å². The molecular weight excluding hydrogens is 218 g/mol. The maximum Gasteiger partial charge on any atom is 0.308 e. The van der Waals surface area contributed by atoms with Gasteiger partial charge in [0.25, 0.3) is 0 Å². The Morgan fingerprint density at radius 3 is 2.47 bits per heavy atom. The van der Waals surface area contributed by atoms with Crippen molar-refractivity contribution < 1.29 is 14.3 Å². The molecule has 1 heterocycles. The fourth-order valence-corrected chi connectivity index (χ4v) is 1.94. The minimum absolute atomic E-state index is 0.100. The van der Waals surface area contributed by atoms with Crippen molar-refractivity contribution in [3.05, 3.63) is 24.3 Å². The summed E-state index contributed by atoms with van der Waals surface area (Å²) in [5.74, 6) is 0.415. The second-order valence-corrected chi connectivity index (χ2v) is 4.27. The number of carbonyl (C=O) groups excluding carboxylic acids is 2. The Labute approximate surface area is 100 Å². The van der Waals surface area contributed by atoms with Crippen molar-refractivity contribution in [1.82, 2.24) is 0 Å². The summed E-state index contributed by atoms with van der Waals surface area (Å²) in [5.41, 5.74) is 0.857. The zero-order chi connectivity index (χ0) is 12.4. The van der Waals surface area contributed by atoms with Crippen LogP contribution in [0.5, 0.6) is 5.75 Å². The average molecular weight is 233 g/mol. The smallest absolute Gasteiger partial charge is 0.308 e. The molecule has 0 aliphatic carbocycles. The first kappa shape index (κ1) is 11.6. The summed E-state index contributed by atoms with van der Waals surface area (Å²) in [6.45, 7) is 4.06. The van der Waals surface area contributed by atoms with Crippen LogP contribution in [0.2, 0.25) is 0 Å². The number of nitrogens with zero attached hydrogens (tertiary/aromatic N) is 1. The van der Waals surface area contributed by atoms with Gasteiger partial charge in [0.1, 0.15) is 5.75 Å². The monoisotopic (exact) mass is 233 g/mol. The Bertz CT molecular complexity index is 438. The molecule has 17 heavy (non-hydrogen) atoms. The highest BCUT2D eigenvalue weighted by Crippen LogP contribution is 2.26. The van der Waals surface area contributed by atoms with E-state index in [1.165, 1.54) is 6.92 Å². The molecule has 4 nitrogen and oxygen atoms in total. The zero-order valence-electron chi connectivity index (χ0n) is 9.97. The van der Waals surface area contributed by atoms with Crippen LogP contribution in [0, 0.1) is 5.92 Å². The molecule has 1 aliphatic rings. The van der Waals surface area contributed by atoms with Gasteiger partial charge in [-0.25, -0.2) is 0 Å². The average Bonchev–Trinajstić information content (AvgIpc) is 2.60. The van der Waals surface area contributed by atoms with Gasteiger partial charge in [-0.05, 0) is 30.7 Å². The topological polar surface area (TPSA) is 46.6 Å². The van der Waals surface area contributed by atoms with Crippen LogP contribution in [0.3, 0.4) is 0 Å². The van der Waals surface area contributed by atoms with Crippen molar-refractivity contribution in [2.45, 2.75) is 20.3 Å². The third kappa shape index (κ3) is 2.46. The number of ether oxygens (including phenoxy) is 1. The Kier molecular flexibility index (Phi) is 3.13. The summed E-state index contributed by atoms with van der Waals surface area (Å²) in [5, 5.41) is 0. The van der Waals surface area contributed by atoms with E-state index in [0.29, 0.717) is 5.75 Å². The van der Waals surface area contributed by atoms with Crippen molar-refractivity contribution >= 4 is 17.6 Å². The van der Waals surface area contributed by atoms with Gasteiger partial charge in [0, 0.05) is 25.1 Å². The van der Waals surface area contributed by atoms with Gasteiger partial charge in [0.15, 0.2) is 0 Å². The van der Waals surface area contributed by atoms with Gasteiger partial charge in [-0.15, -0.1) is 0 Å². The van der Waals surface area contributed by atoms with Crippen LogP contribution in [-0.2, 0) is 9.59 Å². The lowest BCUT2D eigenvalue weighted by molar-refractivity contribution is -0.131. The molecule has 1 aliphatic heterocycles. The molecule has 90 valence electrons. The molecule has 0 bridgehead atoms. The molecule has 1 aromatic rings. The summed E-state index contributed by atoms with van der Waals surface area (Å²) < 4.78 is 4.94. The second kappa shape index (κ2) is 4.57. The van der Waals surface area contributed by atoms with E-state index in [9.17, 15) is 9.59 Å². The predicted octanol–water partition coefficient (Wildman–Crippen LogP) is 1.98. The highest BCUT2D eigenvalue weighted by atomic mass is 16.5. The van der Waals surface area contributed by atoms with Gasteiger partial charge in [0.05, 0.1) is 0 Å². The van der Waals surface area contributed by atoms with E-state index in [0.717, 1.165) is 18.7 Å². The quantitative estimate of drug-likeness (QED) is 0.579. The molecule has 1 saturated heterocycles. The number of hydrogen-bond acceptors (Lipinski definition) is 3. The van der Waals surface area contributed by atoms with Crippen LogP contribution >= 0.6 is 0 Å². The zero-order valence-corrected chi connectivity index (χ0v) is 9.97. The number of anilines is 1. The van der Waals surface area contributed by atoms with Gasteiger partial charge < -0.3 is 9.64 Å². The molecule has 0 aromatic heterocycles. The lowest BCUT2D eigenvalue weighted by Gasteiger charge is -2.16. The second-order valence-electron chi connectivity index (χ2n) is 4.27. The van der Waals surface area contributed by atoms with Gasteiger partial charge in [-0.1, -0.05) is 6.92 Å². The summed E-state index contributed by atoms with van der Waals surface area (Å²) >= 11 is 0. The highest BCUT2D eigenvalue weighted by Gasteiger charge is 2.28. The van der Waals surface area contributed by atoms with E-state index in [1.807, 2.05) is 6.92 Å². The van der Waals surface area contributed by atoms with E-state index in [1.54, 1.807) is 29.2 Å². The Balaban J connectivity index is 2.13. The minimum atomic E-state index is -0.344. The third-order valence-electron chi connectivity index (χ3n) is 2.88. The Morgan fingerprint density at radius 2 is 2.00 bits per heavy atom. The summed E-state index contributed by atoms with van der Waals surface area (Å²) in [7, 11) is 0. The Morgan fingerprint density at radius 1 is 1.35 bits per heavy atom. The number of esters is 1. The molecule has 2 rings (SSSR count). The normalized spacial score (nSPS) is 19.5. The van der Waals surface area contributed by atoms with Crippen LogP contribution < -0.4 is 9.64 Å². The number of carbonyl (C=O) groups is 2. The van der Waals surface area contributed by atoms with E-state index in [-0.39, 0.29) is 17.8 Å². The lowest BCUT2D eigenvalue weighted by Crippen LogP contribution is -2.25. The first-order valence-corrected chi connectivity index (χ1v) is 5.68. The summed E-state index contributed by atoms with van der Waals surface area (Å²) in [4.78, 5) is 24.3. The van der Waals surface area contributed by atoms with Crippen LogP contribution in [-0.4, -0.2) is 18.4 Å². The van der Waals surface area contributed by atoms with Crippen LogP contribution in [0.15, 0.2) is 24.3 Å². The van der Waals surface area contributed by atoms with Gasteiger partial charge >= 0.3 is 5.97 Å². The molecular formula is C13H15NO3. The number of hydrogen-bond donors (Lipinski definition) is 0. The van der Waals surface area contributed by atoms with Crippen molar-refractivity contribution in [3.8, 4) is 5.75 Å². The number of rotatable bonds is 2. The van der Waals surface area contributed by atoms with Crippen LogP contribution in [0.4, 0.5) is 5.69 Å². The predicted molar refractivity (Wildman–Crippen MR) is 63.9 cm³/mol. The first-order valence-electron chi connectivity index (χ1n) is 5.68. The molecule has 0 N–H and O–H groups in total. The van der Waals surface area contributed by atoms with Gasteiger partial charge in [0.2, 0.25) is 5.91 Å². The summed E-state index contributed by atoms with van der Waals surface area (Å²) in [6.07, 6.45) is 0.893. The van der Waals surface area contributed by atoms with Crippen LogP contribution in [0.25, 0.3) is 0 Å². The Hall–Kier alpha value is -1.84. The SMILES string of the molecule is CC(=O)Oc1ccc(N2CCC(C)C2=O)cc1. The minimum Gasteiger partial charge on any atom is -0.427 e. The third-order valence-corrected chi connectivity index (χ3v) is 2.88. The van der Waals surface area contributed by atoms with Crippen molar-refractivity contribution in [3.63, 3.8) is 0 Å². The number of amides is 1. The molecule has 0 spiro atoms. The lowest BCUT2D eigenvalue weighted by atomic mass is 10.1. The maximum atomic E-state index is 11.8. The van der Waals surface area contributed by atoms with Crippen molar-refractivity contribution in [1.29, 1.82) is 0 Å². The molecule has 1 aromatic carbocycles. The standard InChI is InChI=1S/C13H15NO3/c1-9-7-8-14(13(9)16)11-3-5-12(6-4-11)17-10(2)15/h3-6,9H,7-8H2,1-2H3. The van der Waals surface area contributed by atoms with Gasteiger partial charge in [-0.3, -0.25) is 9.59 Å². The molecule has 1 fully saturated rings. The molecule has 0 radical (unpaired) electrons. The largest absolute Gasteiger partial charge is 0.427 e. The number of benzene rings is 1. The highest BCUT2D eigenvalue weighted by molar-refractivity contribution is 5.96. The van der Waals surface area contributed by atoms with E-state index in [4.69, 9.17) is 4.74 Å². The summed E-state index contributed by atoms with van der Waals surface area (Å²) in [6, 6.07) is 7.00. The fourth-order valence-electron chi connectivity index (χ4n) is 1.94. The van der Waals surface area contributed by atoms with Crippen molar-refractivity contribution in [2.75, 3.05) is 11.4 Å². The van der Waals surface area contributed by atoms with E-state index >= 15 is 0 Å². The molecule has 1 unspecified atom stereocenters. The first-order chi connectivity index (χ1) is 8.08.